The fourth-order valence-electron chi connectivity index (χ4n) is 4.00. The van der Waals surface area contributed by atoms with Crippen molar-refractivity contribution in [1.29, 1.82) is 0 Å². The van der Waals surface area contributed by atoms with Crippen LogP contribution in [0.4, 0.5) is 17.6 Å². The van der Waals surface area contributed by atoms with Gasteiger partial charge in [0, 0.05) is 12.0 Å². The molecule has 0 aliphatic heterocycles. The zero-order chi connectivity index (χ0) is 26.6. The maximum atomic E-state index is 14.5. The van der Waals surface area contributed by atoms with Crippen molar-refractivity contribution in [1.82, 2.24) is 4.90 Å². The Hall–Kier alpha value is -4.40. The number of rotatable bonds is 8. The number of aliphatic carboxylic acids is 1. The van der Waals surface area contributed by atoms with Gasteiger partial charge in [0.25, 0.3) is 5.91 Å². The van der Waals surface area contributed by atoms with E-state index in [1.165, 1.54) is 48.5 Å². The van der Waals surface area contributed by atoms with Crippen LogP contribution >= 0.6 is 0 Å². The van der Waals surface area contributed by atoms with Crippen LogP contribution in [0, 0.1) is 5.82 Å². The Morgan fingerprint density at radius 2 is 1.51 bits per heavy atom. The van der Waals surface area contributed by atoms with Crippen LogP contribution < -0.4 is 0 Å². The van der Waals surface area contributed by atoms with E-state index in [-0.39, 0.29) is 29.1 Å². The van der Waals surface area contributed by atoms with Crippen molar-refractivity contribution in [2.24, 2.45) is 0 Å². The van der Waals surface area contributed by atoms with Gasteiger partial charge in [-0.15, -0.1) is 0 Å². The summed E-state index contributed by atoms with van der Waals surface area (Å²) >= 11 is 0. The average Bonchev–Trinajstić information content (AvgIpc) is 3.34. The molecule has 4 rings (SSSR count). The molecule has 9 heteroatoms. The number of carbonyl (C=O) groups excluding carboxylic acids is 1. The summed E-state index contributed by atoms with van der Waals surface area (Å²) in [5, 5.41) is 10.0. The van der Waals surface area contributed by atoms with Crippen LogP contribution in [0.2, 0.25) is 0 Å². The summed E-state index contributed by atoms with van der Waals surface area (Å²) < 4.78 is 60.6. The molecule has 1 aromatic heterocycles. The van der Waals surface area contributed by atoms with E-state index in [1.54, 1.807) is 30.3 Å². The molecule has 0 fully saturated rings. The van der Waals surface area contributed by atoms with E-state index in [1.807, 2.05) is 0 Å². The first-order valence-corrected chi connectivity index (χ1v) is 11.2. The first kappa shape index (κ1) is 25.7. The zero-order valence-corrected chi connectivity index (χ0v) is 19.3. The number of alkyl halides is 3. The van der Waals surface area contributed by atoms with Crippen LogP contribution in [0.3, 0.4) is 0 Å². The number of nitrogens with zero attached hydrogens (tertiary/aromatic N) is 1. The Morgan fingerprint density at radius 1 is 0.865 bits per heavy atom. The van der Waals surface area contributed by atoms with Crippen LogP contribution in [-0.4, -0.2) is 27.9 Å². The Kier molecular flexibility index (Phi) is 7.42. The van der Waals surface area contributed by atoms with Crippen molar-refractivity contribution in [3.05, 3.63) is 119 Å². The Balaban J connectivity index is 1.72. The quantitative estimate of drug-likeness (QED) is 0.276. The van der Waals surface area contributed by atoms with E-state index >= 15 is 0 Å². The molecule has 1 N–H and O–H groups in total. The highest BCUT2D eigenvalue weighted by atomic mass is 19.4. The molecule has 0 spiro atoms. The van der Waals surface area contributed by atoms with Crippen molar-refractivity contribution < 1.29 is 36.7 Å². The lowest BCUT2D eigenvalue weighted by atomic mass is 10.0. The van der Waals surface area contributed by atoms with Gasteiger partial charge in [-0.25, -0.2) is 9.18 Å². The average molecular weight is 511 g/mol. The van der Waals surface area contributed by atoms with E-state index in [4.69, 9.17) is 4.42 Å². The van der Waals surface area contributed by atoms with Gasteiger partial charge in [-0.05, 0) is 35.9 Å². The minimum Gasteiger partial charge on any atom is -0.480 e. The molecule has 0 bridgehead atoms. The fraction of sp³-hybridized carbons (Fsp3) is 0.143. The van der Waals surface area contributed by atoms with Crippen molar-refractivity contribution >= 4 is 11.9 Å². The third-order valence-corrected chi connectivity index (χ3v) is 5.78. The van der Waals surface area contributed by atoms with Gasteiger partial charge in [0.1, 0.15) is 23.4 Å². The lowest BCUT2D eigenvalue weighted by Gasteiger charge is -2.28. The number of amides is 1. The summed E-state index contributed by atoms with van der Waals surface area (Å²) in [7, 11) is 0. The number of hydrogen-bond donors (Lipinski definition) is 1. The van der Waals surface area contributed by atoms with Gasteiger partial charge in [0.15, 0.2) is 0 Å². The van der Waals surface area contributed by atoms with Crippen LogP contribution in [0.25, 0.3) is 11.3 Å². The number of carboxylic acids is 1. The van der Waals surface area contributed by atoms with Gasteiger partial charge in [-0.1, -0.05) is 60.7 Å². The second-order valence-electron chi connectivity index (χ2n) is 8.27. The third-order valence-electron chi connectivity index (χ3n) is 5.78. The summed E-state index contributed by atoms with van der Waals surface area (Å²) in [4.78, 5) is 26.6. The van der Waals surface area contributed by atoms with Crippen molar-refractivity contribution in [2.45, 2.75) is 25.2 Å². The zero-order valence-electron chi connectivity index (χ0n) is 19.3. The van der Waals surface area contributed by atoms with E-state index in [9.17, 15) is 32.3 Å². The Labute approximate surface area is 209 Å². The monoisotopic (exact) mass is 511 g/mol. The fourth-order valence-corrected chi connectivity index (χ4v) is 4.00. The number of benzene rings is 3. The molecular weight excluding hydrogens is 490 g/mol. The predicted molar refractivity (Wildman–Crippen MR) is 127 cm³/mol. The summed E-state index contributed by atoms with van der Waals surface area (Å²) in [6.45, 7) is -0.412. The molecule has 1 unspecified atom stereocenters. The summed E-state index contributed by atoms with van der Waals surface area (Å²) in [6, 6.07) is 19.9. The minimum atomic E-state index is -4.62. The molecule has 5 nitrogen and oxygen atoms in total. The molecule has 0 aliphatic carbocycles. The van der Waals surface area contributed by atoms with Crippen molar-refractivity contribution in [3.63, 3.8) is 0 Å². The second-order valence-corrected chi connectivity index (χ2v) is 8.27. The van der Waals surface area contributed by atoms with Gasteiger partial charge in [-0.2, -0.15) is 13.2 Å². The number of carboxylic acid groups (broad SMARTS) is 1. The van der Waals surface area contributed by atoms with E-state index in [2.05, 4.69) is 0 Å². The van der Waals surface area contributed by atoms with Crippen molar-refractivity contribution in [2.75, 3.05) is 0 Å². The van der Waals surface area contributed by atoms with Crippen LogP contribution in [0.1, 0.15) is 27.2 Å². The van der Waals surface area contributed by atoms with E-state index < -0.39 is 42.0 Å². The summed E-state index contributed by atoms with van der Waals surface area (Å²) in [6.07, 6.45) is -4.71. The first-order chi connectivity index (χ1) is 17.6. The third kappa shape index (κ3) is 5.88. The maximum Gasteiger partial charge on any atom is 0.417 e. The number of hydrogen-bond acceptors (Lipinski definition) is 3. The molecule has 4 aromatic rings. The van der Waals surface area contributed by atoms with E-state index in [0.29, 0.717) is 5.56 Å². The SMILES string of the molecule is O=C(O)C(Cc1ccccc1)N(Cc1ccc(-c2ccccc2C(F)(F)F)o1)C(=O)c1ccccc1F. The highest BCUT2D eigenvalue weighted by Gasteiger charge is 2.35. The number of halogens is 4. The second kappa shape index (κ2) is 10.7. The molecular formula is C28H21F4NO4. The number of furan rings is 1. The largest absolute Gasteiger partial charge is 0.480 e. The maximum absolute atomic E-state index is 14.5. The molecule has 190 valence electrons. The van der Waals surface area contributed by atoms with Crippen LogP contribution in [0.15, 0.2) is 95.4 Å². The van der Waals surface area contributed by atoms with Gasteiger partial charge in [0.2, 0.25) is 0 Å². The first-order valence-electron chi connectivity index (χ1n) is 11.2. The van der Waals surface area contributed by atoms with Crippen LogP contribution in [0.5, 0.6) is 0 Å². The molecule has 0 saturated carbocycles. The Morgan fingerprint density at radius 3 is 2.19 bits per heavy atom. The number of carbonyl (C=O) groups is 2. The van der Waals surface area contributed by atoms with E-state index in [0.717, 1.165) is 17.0 Å². The predicted octanol–water partition coefficient (Wildman–Crippen LogP) is 6.44. The molecule has 3 aromatic carbocycles. The molecule has 1 heterocycles. The highest BCUT2D eigenvalue weighted by Crippen LogP contribution is 2.37. The molecule has 0 aliphatic rings. The molecule has 1 amide bonds. The Bertz CT molecular complexity index is 1400. The van der Waals surface area contributed by atoms with Gasteiger partial charge in [0.05, 0.1) is 17.7 Å². The smallest absolute Gasteiger partial charge is 0.417 e. The van der Waals surface area contributed by atoms with Crippen molar-refractivity contribution in [3.8, 4) is 11.3 Å². The van der Waals surface area contributed by atoms with Gasteiger partial charge >= 0.3 is 12.1 Å². The topological polar surface area (TPSA) is 70.8 Å². The van der Waals surface area contributed by atoms with Gasteiger partial charge in [-0.3, -0.25) is 4.79 Å². The normalized spacial score (nSPS) is 12.2. The van der Waals surface area contributed by atoms with Crippen LogP contribution in [-0.2, 0) is 23.9 Å². The molecule has 37 heavy (non-hydrogen) atoms. The minimum absolute atomic E-state index is 0.0379. The molecule has 1 atom stereocenters. The lowest BCUT2D eigenvalue weighted by molar-refractivity contribution is -0.142. The standard InChI is InChI=1S/C28H21F4NO4/c29-23-13-7-5-11-21(23)26(34)33(24(27(35)36)16-18-8-2-1-3-9-18)17-19-14-15-25(37-19)20-10-4-6-12-22(20)28(30,31)32/h1-15,24H,16-17H2,(H,35,36). The molecule has 0 saturated heterocycles. The van der Waals surface area contributed by atoms with Gasteiger partial charge < -0.3 is 14.4 Å². The summed E-state index contributed by atoms with van der Waals surface area (Å²) in [5.41, 5.74) is -0.813. The lowest BCUT2D eigenvalue weighted by Crippen LogP contribution is -2.46. The summed E-state index contributed by atoms with van der Waals surface area (Å²) in [5.74, 6) is -3.12. The highest BCUT2D eigenvalue weighted by molar-refractivity contribution is 5.97. The molecule has 0 radical (unpaired) electrons.